The number of thiazole rings is 1. The smallest absolute Gasteiger partial charge is 0.159 e. The SMILES string of the molecule is Cc1sc(Br)nc1C1CCCCN1. The lowest BCUT2D eigenvalue weighted by Crippen LogP contribution is -2.27. The lowest BCUT2D eigenvalue weighted by molar-refractivity contribution is 0.405. The van der Waals surface area contributed by atoms with Gasteiger partial charge in [0.2, 0.25) is 0 Å². The molecule has 1 aromatic heterocycles. The molecule has 1 atom stereocenters. The average molecular weight is 261 g/mol. The van der Waals surface area contributed by atoms with E-state index >= 15 is 0 Å². The highest BCUT2D eigenvalue weighted by molar-refractivity contribution is 9.11. The minimum absolute atomic E-state index is 0.497. The third-order valence-corrected chi connectivity index (χ3v) is 3.88. The number of rotatable bonds is 1. The maximum atomic E-state index is 4.51. The zero-order chi connectivity index (χ0) is 9.26. The molecule has 72 valence electrons. The molecule has 1 aromatic rings. The molecular weight excluding hydrogens is 248 g/mol. The van der Waals surface area contributed by atoms with Gasteiger partial charge in [-0.3, -0.25) is 0 Å². The molecule has 0 aliphatic carbocycles. The van der Waals surface area contributed by atoms with Crippen molar-refractivity contribution in [2.45, 2.75) is 32.2 Å². The molecule has 0 aromatic carbocycles. The Bertz CT molecular complexity index is 292. The Morgan fingerprint density at radius 1 is 1.54 bits per heavy atom. The quantitative estimate of drug-likeness (QED) is 0.840. The predicted molar refractivity (Wildman–Crippen MR) is 59.1 cm³/mol. The van der Waals surface area contributed by atoms with Crippen LogP contribution in [-0.2, 0) is 0 Å². The molecule has 1 aliphatic rings. The highest BCUT2D eigenvalue weighted by Gasteiger charge is 2.19. The van der Waals surface area contributed by atoms with E-state index in [0.29, 0.717) is 6.04 Å². The van der Waals surface area contributed by atoms with Crippen LogP contribution in [0.3, 0.4) is 0 Å². The fourth-order valence-electron chi connectivity index (χ4n) is 1.78. The fraction of sp³-hybridized carbons (Fsp3) is 0.667. The minimum Gasteiger partial charge on any atom is -0.309 e. The highest BCUT2D eigenvalue weighted by Crippen LogP contribution is 2.30. The zero-order valence-electron chi connectivity index (χ0n) is 7.64. The summed E-state index contributed by atoms with van der Waals surface area (Å²) in [6.07, 6.45) is 3.87. The standard InChI is InChI=1S/C9H13BrN2S/c1-6-8(12-9(10)13-6)7-4-2-3-5-11-7/h7,11H,2-5H2,1H3. The fourth-order valence-corrected chi connectivity index (χ4v) is 3.39. The molecule has 4 heteroatoms. The molecular formula is C9H13BrN2S. The highest BCUT2D eigenvalue weighted by atomic mass is 79.9. The van der Waals surface area contributed by atoms with E-state index in [4.69, 9.17) is 0 Å². The van der Waals surface area contributed by atoms with Crippen LogP contribution < -0.4 is 5.32 Å². The molecule has 1 unspecified atom stereocenters. The second kappa shape index (κ2) is 4.07. The molecule has 0 spiro atoms. The van der Waals surface area contributed by atoms with E-state index in [9.17, 15) is 0 Å². The Morgan fingerprint density at radius 3 is 2.92 bits per heavy atom. The summed E-state index contributed by atoms with van der Waals surface area (Å²) >= 11 is 5.16. The molecule has 2 nitrogen and oxygen atoms in total. The van der Waals surface area contributed by atoms with Crippen molar-refractivity contribution in [1.82, 2.24) is 10.3 Å². The number of hydrogen-bond acceptors (Lipinski definition) is 3. The normalized spacial score (nSPS) is 23.4. The zero-order valence-corrected chi connectivity index (χ0v) is 10.0. The minimum atomic E-state index is 0.497. The molecule has 1 aliphatic heterocycles. The number of aryl methyl sites for hydroxylation is 1. The van der Waals surface area contributed by atoms with E-state index in [-0.39, 0.29) is 0 Å². The first kappa shape index (κ1) is 9.62. The van der Waals surface area contributed by atoms with Gasteiger partial charge in [0, 0.05) is 4.88 Å². The Hall–Kier alpha value is 0.0700. The molecule has 1 saturated heterocycles. The summed E-state index contributed by atoms with van der Waals surface area (Å²) in [5.74, 6) is 0. The number of piperidine rings is 1. The van der Waals surface area contributed by atoms with Crippen molar-refractivity contribution in [3.63, 3.8) is 0 Å². The van der Waals surface area contributed by atoms with Crippen molar-refractivity contribution in [2.75, 3.05) is 6.54 Å². The Morgan fingerprint density at radius 2 is 2.38 bits per heavy atom. The van der Waals surface area contributed by atoms with Crippen LogP contribution in [0.2, 0.25) is 0 Å². The van der Waals surface area contributed by atoms with Gasteiger partial charge in [0.05, 0.1) is 11.7 Å². The van der Waals surface area contributed by atoms with Crippen LogP contribution in [0, 0.1) is 6.92 Å². The van der Waals surface area contributed by atoms with Gasteiger partial charge in [0.1, 0.15) is 0 Å². The summed E-state index contributed by atoms with van der Waals surface area (Å²) in [5.41, 5.74) is 1.25. The summed E-state index contributed by atoms with van der Waals surface area (Å²) in [6, 6.07) is 0.497. The van der Waals surface area contributed by atoms with E-state index in [1.807, 2.05) is 0 Å². The summed E-state index contributed by atoms with van der Waals surface area (Å²) < 4.78 is 1.01. The Balaban J connectivity index is 2.18. The predicted octanol–water partition coefficient (Wildman–Crippen LogP) is 3.03. The second-order valence-electron chi connectivity index (χ2n) is 3.41. The van der Waals surface area contributed by atoms with Gasteiger partial charge < -0.3 is 5.32 Å². The summed E-state index contributed by atoms with van der Waals surface area (Å²) in [5, 5.41) is 3.51. The van der Waals surface area contributed by atoms with Crippen molar-refractivity contribution in [2.24, 2.45) is 0 Å². The van der Waals surface area contributed by atoms with Gasteiger partial charge >= 0.3 is 0 Å². The first-order valence-corrected chi connectivity index (χ1v) is 6.24. The van der Waals surface area contributed by atoms with Crippen molar-refractivity contribution in [3.8, 4) is 0 Å². The Kier molecular flexibility index (Phi) is 3.01. The van der Waals surface area contributed by atoms with Crippen LogP contribution in [-0.4, -0.2) is 11.5 Å². The van der Waals surface area contributed by atoms with Gasteiger partial charge in [-0.2, -0.15) is 0 Å². The van der Waals surface area contributed by atoms with E-state index in [2.05, 4.69) is 33.2 Å². The van der Waals surface area contributed by atoms with Crippen LogP contribution in [0.1, 0.15) is 35.9 Å². The maximum absolute atomic E-state index is 4.51. The first-order chi connectivity index (χ1) is 6.27. The first-order valence-electron chi connectivity index (χ1n) is 4.63. The van der Waals surface area contributed by atoms with Crippen LogP contribution in [0.15, 0.2) is 3.92 Å². The molecule has 1 fully saturated rings. The van der Waals surface area contributed by atoms with Crippen molar-refractivity contribution in [3.05, 3.63) is 14.5 Å². The number of nitrogens with zero attached hydrogens (tertiary/aromatic N) is 1. The maximum Gasteiger partial charge on any atom is 0.159 e. The molecule has 0 bridgehead atoms. The number of aromatic nitrogens is 1. The van der Waals surface area contributed by atoms with Gasteiger partial charge in [-0.1, -0.05) is 6.42 Å². The molecule has 2 rings (SSSR count). The van der Waals surface area contributed by atoms with Gasteiger partial charge in [-0.25, -0.2) is 4.98 Å². The van der Waals surface area contributed by atoms with Gasteiger partial charge in [-0.05, 0) is 42.2 Å². The number of hydrogen-bond donors (Lipinski definition) is 1. The molecule has 0 saturated carbocycles. The van der Waals surface area contributed by atoms with E-state index in [1.54, 1.807) is 11.3 Å². The van der Waals surface area contributed by atoms with Crippen molar-refractivity contribution in [1.29, 1.82) is 0 Å². The van der Waals surface area contributed by atoms with Crippen LogP contribution in [0.4, 0.5) is 0 Å². The third kappa shape index (κ3) is 2.11. The second-order valence-corrected chi connectivity index (χ2v) is 5.89. The van der Waals surface area contributed by atoms with Gasteiger partial charge in [-0.15, -0.1) is 11.3 Å². The molecule has 1 N–H and O–H groups in total. The topological polar surface area (TPSA) is 24.9 Å². The van der Waals surface area contributed by atoms with Gasteiger partial charge in [0.15, 0.2) is 3.92 Å². The average Bonchev–Trinajstić information content (AvgIpc) is 2.47. The van der Waals surface area contributed by atoms with E-state index in [1.165, 1.54) is 29.8 Å². The van der Waals surface area contributed by atoms with Crippen LogP contribution >= 0.6 is 27.3 Å². The van der Waals surface area contributed by atoms with Crippen molar-refractivity contribution < 1.29 is 0 Å². The number of nitrogens with one attached hydrogen (secondary N) is 1. The monoisotopic (exact) mass is 260 g/mol. The van der Waals surface area contributed by atoms with E-state index < -0.39 is 0 Å². The Labute approximate surface area is 90.9 Å². The van der Waals surface area contributed by atoms with E-state index in [0.717, 1.165) is 10.5 Å². The molecule has 13 heavy (non-hydrogen) atoms. The summed E-state index contributed by atoms with van der Waals surface area (Å²) in [4.78, 5) is 5.85. The lowest BCUT2D eigenvalue weighted by Gasteiger charge is -2.22. The number of halogens is 1. The molecule has 0 amide bonds. The van der Waals surface area contributed by atoms with Crippen LogP contribution in [0.5, 0.6) is 0 Å². The largest absolute Gasteiger partial charge is 0.309 e. The molecule has 0 radical (unpaired) electrons. The third-order valence-electron chi connectivity index (χ3n) is 2.45. The summed E-state index contributed by atoms with van der Waals surface area (Å²) in [6.45, 7) is 3.29. The van der Waals surface area contributed by atoms with Crippen molar-refractivity contribution >= 4 is 27.3 Å². The molecule has 2 heterocycles. The van der Waals surface area contributed by atoms with Crippen LogP contribution in [0.25, 0.3) is 0 Å². The summed E-state index contributed by atoms with van der Waals surface area (Å²) in [7, 11) is 0. The lowest BCUT2D eigenvalue weighted by atomic mass is 10.0. The van der Waals surface area contributed by atoms with Gasteiger partial charge in [0.25, 0.3) is 0 Å².